The van der Waals surface area contributed by atoms with Crippen LogP contribution >= 0.6 is 0 Å². The number of alkyl halides is 3. The zero-order valence-electron chi connectivity index (χ0n) is 9.81. The van der Waals surface area contributed by atoms with Crippen molar-refractivity contribution < 1.29 is 23.1 Å². The van der Waals surface area contributed by atoms with E-state index in [1.165, 1.54) is 0 Å². The lowest BCUT2D eigenvalue weighted by Gasteiger charge is -2.25. The van der Waals surface area contributed by atoms with Crippen molar-refractivity contribution in [1.82, 2.24) is 4.98 Å². The minimum Gasteiger partial charge on any atom is -0.478 e. The number of rotatable bonds is 4. The van der Waals surface area contributed by atoms with Gasteiger partial charge in [0.25, 0.3) is 0 Å². The summed E-state index contributed by atoms with van der Waals surface area (Å²) in [5.74, 6) is -1.23. The lowest BCUT2D eigenvalue weighted by atomic mass is 10.2. The fourth-order valence-electron chi connectivity index (χ4n) is 1.79. The van der Waals surface area contributed by atoms with Gasteiger partial charge in [-0.05, 0) is 18.9 Å². The summed E-state index contributed by atoms with van der Waals surface area (Å²) >= 11 is 0. The molecule has 104 valence electrons. The summed E-state index contributed by atoms with van der Waals surface area (Å²) in [6, 6.07) is 0.892. The highest BCUT2D eigenvalue weighted by atomic mass is 19.4. The van der Waals surface area contributed by atoms with Crippen molar-refractivity contribution in [3.05, 3.63) is 17.8 Å². The van der Waals surface area contributed by atoms with Crippen molar-refractivity contribution in [2.75, 3.05) is 17.2 Å². The minimum atomic E-state index is -4.36. The lowest BCUT2D eigenvalue weighted by Crippen LogP contribution is -2.37. The van der Waals surface area contributed by atoms with Crippen molar-refractivity contribution >= 4 is 17.5 Å². The number of nitrogens with zero attached hydrogens (tertiary/aromatic N) is 2. The second kappa shape index (κ2) is 4.60. The minimum absolute atomic E-state index is 0.00942. The first-order valence-corrected chi connectivity index (χ1v) is 5.60. The molecule has 0 radical (unpaired) electrons. The topological polar surface area (TPSA) is 79.5 Å². The van der Waals surface area contributed by atoms with Crippen LogP contribution in [0.1, 0.15) is 23.2 Å². The molecule has 0 amide bonds. The van der Waals surface area contributed by atoms with Gasteiger partial charge in [-0.2, -0.15) is 13.2 Å². The van der Waals surface area contributed by atoms with Gasteiger partial charge in [0, 0.05) is 12.2 Å². The Morgan fingerprint density at radius 1 is 1.53 bits per heavy atom. The number of hydrogen-bond donors (Lipinski definition) is 2. The number of nitrogen functional groups attached to an aromatic ring is 1. The smallest absolute Gasteiger partial charge is 0.405 e. The average Bonchev–Trinajstić information content (AvgIpc) is 3.08. The Bertz CT molecular complexity index is 500. The van der Waals surface area contributed by atoms with Crippen LogP contribution in [0, 0.1) is 0 Å². The van der Waals surface area contributed by atoms with Gasteiger partial charge in [0.2, 0.25) is 0 Å². The molecule has 8 heteroatoms. The molecule has 1 aliphatic rings. The van der Waals surface area contributed by atoms with Gasteiger partial charge >= 0.3 is 12.1 Å². The van der Waals surface area contributed by atoms with E-state index in [2.05, 4.69) is 4.98 Å². The molecule has 1 aromatic rings. The van der Waals surface area contributed by atoms with Crippen molar-refractivity contribution in [3.63, 3.8) is 0 Å². The number of carbonyl (C=O) groups is 1. The Hall–Kier alpha value is -1.99. The maximum Gasteiger partial charge on any atom is 0.405 e. The molecule has 19 heavy (non-hydrogen) atoms. The van der Waals surface area contributed by atoms with Gasteiger partial charge in [-0.25, -0.2) is 9.78 Å². The maximum atomic E-state index is 12.5. The van der Waals surface area contributed by atoms with Crippen LogP contribution in [-0.2, 0) is 0 Å². The van der Waals surface area contributed by atoms with E-state index in [0.717, 1.165) is 17.2 Å². The molecule has 1 aliphatic carbocycles. The standard InChI is InChI=1S/C11H12F3N3O2/c12-11(13,14)5-17(7-1-2-7)9-8(15)3-6(4-16-9)10(18)19/h3-4,7H,1-2,5,15H2,(H,18,19). The molecule has 1 aromatic heterocycles. The van der Waals surface area contributed by atoms with Crippen molar-refractivity contribution in [3.8, 4) is 0 Å². The fraction of sp³-hybridized carbons (Fsp3) is 0.455. The van der Waals surface area contributed by atoms with E-state index in [-0.39, 0.29) is 23.1 Å². The largest absolute Gasteiger partial charge is 0.478 e. The highest BCUT2D eigenvalue weighted by Gasteiger charge is 2.39. The molecule has 1 fully saturated rings. The predicted octanol–water partition coefficient (Wildman–Crippen LogP) is 1.89. The predicted molar refractivity (Wildman–Crippen MR) is 62.0 cm³/mol. The number of aromatic carboxylic acids is 1. The molecular formula is C11H12F3N3O2. The summed E-state index contributed by atoms with van der Waals surface area (Å²) in [6.45, 7) is -1.14. The number of pyridine rings is 1. The quantitative estimate of drug-likeness (QED) is 0.877. The molecular weight excluding hydrogens is 263 g/mol. The normalized spacial score (nSPS) is 15.3. The molecule has 0 aromatic carbocycles. The van der Waals surface area contributed by atoms with E-state index in [1.54, 1.807) is 0 Å². The number of nitrogens with two attached hydrogens (primary N) is 1. The zero-order valence-corrected chi connectivity index (χ0v) is 9.81. The summed E-state index contributed by atoms with van der Waals surface area (Å²) in [5.41, 5.74) is 5.40. The Morgan fingerprint density at radius 3 is 2.58 bits per heavy atom. The van der Waals surface area contributed by atoms with Crippen LogP contribution in [0.3, 0.4) is 0 Å². The Kier molecular flexibility index (Phi) is 3.25. The molecule has 0 bridgehead atoms. The van der Waals surface area contributed by atoms with Crippen LogP contribution in [0.15, 0.2) is 12.3 Å². The SMILES string of the molecule is Nc1cc(C(=O)O)cnc1N(CC(F)(F)F)C1CC1. The number of anilines is 2. The summed E-state index contributed by atoms with van der Waals surface area (Å²) in [5, 5.41) is 8.76. The Balaban J connectivity index is 2.29. The van der Waals surface area contributed by atoms with E-state index in [0.29, 0.717) is 12.8 Å². The molecule has 0 spiro atoms. The van der Waals surface area contributed by atoms with E-state index in [4.69, 9.17) is 10.8 Å². The van der Waals surface area contributed by atoms with Crippen molar-refractivity contribution in [2.24, 2.45) is 0 Å². The van der Waals surface area contributed by atoms with Gasteiger partial charge < -0.3 is 15.7 Å². The highest BCUT2D eigenvalue weighted by molar-refractivity contribution is 5.89. The third-order valence-electron chi connectivity index (χ3n) is 2.75. The van der Waals surface area contributed by atoms with Crippen LogP contribution in [0.2, 0.25) is 0 Å². The number of hydrogen-bond acceptors (Lipinski definition) is 4. The molecule has 2 rings (SSSR count). The Morgan fingerprint density at radius 2 is 2.16 bits per heavy atom. The summed E-state index contributed by atoms with van der Waals surface area (Å²) in [4.78, 5) is 15.6. The van der Waals surface area contributed by atoms with Gasteiger partial charge in [-0.1, -0.05) is 0 Å². The summed E-state index contributed by atoms with van der Waals surface area (Å²) in [6.07, 6.45) is -2.04. The maximum absolute atomic E-state index is 12.5. The lowest BCUT2D eigenvalue weighted by molar-refractivity contribution is -0.120. The van der Waals surface area contributed by atoms with E-state index in [1.807, 2.05) is 0 Å². The van der Waals surface area contributed by atoms with Gasteiger partial charge in [0.1, 0.15) is 6.54 Å². The van der Waals surface area contributed by atoms with Gasteiger partial charge in [0.15, 0.2) is 5.82 Å². The first kappa shape index (κ1) is 13.4. The second-order valence-corrected chi connectivity index (χ2v) is 4.42. The van der Waals surface area contributed by atoms with Gasteiger partial charge in [-0.15, -0.1) is 0 Å². The van der Waals surface area contributed by atoms with Gasteiger partial charge in [0.05, 0.1) is 11.3 Å². The number of carboxylic acids is 1. The third kappa shape index (κ3) is 3.27. The summed E-state index contributed by atoms with van der Waals surface area (Å²) < 4.78 is 37.5. The van der Waals surface area contributed by atoms with E-state index in [9.17, 15) is 18.0 Å². The molecule has 5 nitrogen and oxygen atoms in total. The molecule has 0 atom stereocenters. The summed E-state index contributed by atoms with van der Waals surface area (Å²) in [7, 11) is 0. The number of aromatic nitrogens is 1. The molecule has 1 heterocycles. The first-order chi connectivity index (χ1) is 8.78. The Labute approximate surface area is 106 Å². The van der Waals surface area contributed by atoms with Crippen LogP contribution in [0.4, 0.5) is 24.7 Å². The second-order valence-electron chi connectivity index (χ2n) is 4.42. The molecule has 0 saturated heterocycles. The van der Waals surface area contributed by atoms with Gasteiger partial charge in [-0.3, -0.25) is 0 Å². The number of carboxylic acid groups (broad SMARTS) is 1. The molecule has 1 saturated carbocycles. The van der Waals surface area contributed by atoms with Crippen molar-refractivity contribution in [1.29, 1.82) is 0 Å². The average molecular weight is 275 g/mol. The van der Waals surface area contributed by atoms with Crippen molar-refractivity contribution in [2.45, 2.75) is 25.1 Å². The highest BCUT2D eigenvalue weighted by Crippen LogP contribution is 2.35. The monoisotopic (exact) mass is 275 g/mol. The van der Waals surface area contributed by atoms with Crippen LogP contribution in [0.25, 0.3) is 0 Å². The van der Waals surface area contributed by atoms with Crippen LogP contribution in [-0.4, -0.2) is 34.8 Å². The van der Waals surface area contributed by atoms with E-state index < -0.39 is 18.7 Å². The molecule has 0 unspecified atom stereocenters. The fourth-order valence-corrected chi connectivity index (χ4v) is 1.79. The zero-order chi connectivity index (χ0) is 14.2. The third-order valence-corrected chi connectivity index (χ3v) is 2.75. The molecule has 0 aliphatic heterocycles. The molecule has 3 N–H and O–H groups in total. The van der Waals surface area contributed by atoms with E-state index >= 15 is 0 Å². The first-order valence-electron chi connectivity index (χ1n) is 5.60. The number of halogens is 3. The van der Waals surface area contributed by atoms with Crippen LogP contribution in [0.5, 0.6) is 0 Å². The van der Waals surface area contributed by atoms with Crippen LogP contribution < -0.4 is 10.6 Å².